The lowest BCUT2D eigenvalue weighted by Crippen LogP contribution is -2.41. The summed E-state index contributed by atoms with van der Waals surface area (Å²) in [4.78, 5) is 13.6. The summed E-state index contributed by atoms with van der Waals surface area (Å²) in [6.45, 7) is 0.515. The molecule has 1 aliphatic rings. The number of nitrogens with one attached hydrogen (secondary N) is 1. The van der Waals surface area contributed by atoms with E-state index >= 15 is 0 Å². The number of hydrogen-bond donors (Lipinski definition) is 2. The largest absolute Gasteiger partial charge is 0.573 e. The molecule has 1 amide bonds. The van der Waals surface area contributed by atoms with E-state index in [-0.39, 0.29) is 30.6 Å². The van der Waals surface area contributed by atoms with E-state index in [2.05, 4.69) is 10.1 Å². The number of ether oxygens (including phenoxy) is 1. The first-order chi connectivity index (χ1) is 10.2. The molecule has 2 N–H and O–H groups in total. The second kappa shape index (κ2) is 7.85. The van der Waals surface area contributed by atoms with Gasteiger partial charge in [0.1, 0.15) is 5.75 Å². The maximum absolute atomic E-state index is 12.2. The van der Waals surface area contributed by atoms with Crippen LogP contribution >= 0.6 is 12.4 Å². The van der Waals surface area contributed by atoms with Crippen LogP contribution in [0, 0.1) is 0 Å². The van der Waals surface area contributed by atoms with Crippen molar-refractivity contribution in [1.29, 1.82) is 0 Å². The lowest BCUT2D eigenvalue weighted by atomic mass is 10.1. The number of carbonyl (C=O) groups is 1. The van der Waals surface area contributed by atoms with Crippen LogP contribution in [0.15, 0.2) is 24.3 Å². The number of amides is 1. The van der Waals surface area contributed by atoms with Crippen LogP contribution in [-0.4, -0.2) is 48.0 Å². The highest BCUT2D eigenvalue weighted by molar-refractivity contribution is 5.85. The van der Waals surface area contributed by atoms with Crippen molar-refractivity contribution in [2.75, 3.05) is 13.6 Å². The molecule has 0 spiro atoms. The van der Waals surface area contributed by atoms with Crippen molar-refractivity contribution in [1.82, 2.24) is 10.2 Å². The van der Waals surface area contributed by atoms with Gasteiger partial charge in [0.2, 0.25) is 5.91 Å². The number of aliphatic hydroxyl groups is 1. The number of rotatable bonds is 4. The van der Waals surface area contributed by atoms with Gasteiger partial charge < -0.3 is 20.1 Å². The number of hydrogen-bond acceptors (Lipinski definition) is 4. The third-order valence-electron chi connectivity index (χ3n) is 3.33. The Labute approximate surface area is 137 Å². The summed E-state index contributed by atoms with van der Waals surface area (Å²) in [7, 11) is 1.56. The Morgan fingerprint density at radius 2 is 2.17 bits per heavy atom. The number of alkyl halides is 3. The molecule has 1 saturated heterocycles. The summed E-state index contributed by atoms with van der Waals surface area (Å²) in [6, 6.07) is 5.03. The smallest absolute Gasteiger partial charge is 0.406 e. The third-order valence-corrected chi connectivity index (χ3v) is 3.33. The van der Waals surface area contributed by atoms with Gasteiger partial charge in [-0.05, 0) is 24.1 Å². The molecule has 2 rings (SSSR count). The van der Waals surface area contributed by atoms with E-state index in [1.165, 1.54) is 23.1 Å². The van der Waals surface area contributed by atoms with Gasteiger partial charge in [-0.1, -0.05) is 12.1 Å². The van der Waals surface area contributed by atoms with Crippen LogP contribution in [-0.2, 0) is 11.3 Å². The minimum atomic E-state index is -4.75. The van der Waals surface area contributed by atoms with Crippen molar-refractivity contribution in [2.24, 2.45) is 0 Å². The van der Waals surface area contributed by atoms with Crippen LogP contribution in [0.4, 0.5) is 13.2 Å². The molecule has 1 heterocycles. The van der Waals surface area contributed by atoms with Gasteiger partial charge in [0.15, 0.2) is 0 Å². The fraction of sp³-hybridized carbons (Fsp3) is 0.500. The molecule has 1 aliphatic heterocycles. The van der Waals surface area contributed by atoms with E-state index in [0.29, 0.717) is 18.5 Å². The Morgan fingerprint density at radius 3 is 2.74 bits per heavy atom. The molecule has 130 valence electrons. The second-order valence-corrected chi connectivity index (χ2v) is 5.24. The minimum absolute atomic E-state index is 0. The fourth-order valence-corrected chi connectivity index (χ4v) is 2.36. The fourth-order valence-electron chi connectivity index (χ4n) is 2.36. The normalized spacial score (nSPS) is 20.7. The van der Waals surface area contributed by atoms with E-state index in [1.807, 2.05) is 0 Å². The Kier molecular flexibility index (Phi) is 6.67. The van der Waals surface area contributed by atoms with E-state index in [1.54, 1.807) is 13.1 Å². The van der Waals surface area contributed by atoms with E-state index < -0.39 is 18.5 Å². The van der Waals surface area contributed by atoms with Crippen molar-refractivity contribution in [3.8, 4) is 5.75 Å². The van der Waals surface area contributed by atoms with Crippen molar-refractivity contribution < 1.29 is 27.8 Å². The van der Waals surface area contributed by atoms with Gasteiger partial charge in [0.05, 0.1) is 12.1 Å². The van der Waals surface area contributed by atoms with Gasteiger partial charge in [-0.15, -0.1) is 25.6 Å². The number of likely N-dealkylation sites (N-methyl/N-ethyl adjacent to an activating group) is 1. The number of β-amino-alcohol motifs (C(OH)–C–C–N with tert-alkyl or cyclic N) is 1. The summed E-state index contributed by atoms with van der Waals surface area (Å²) in [5.74, 6) is -0.529. The monoisotopic (exact) mass is 354 g/mol. The van der Waals surface area contributed by atoms with Gasteiger partial charge in [0.25, 0.3) is 0 Å². The molecule has 1 fully saturated rings. The zero-order chi connectivity index (χ0) is 16.3. The molecular weight excluding hydrogens is 337 g/mol. The average molecular weight is 355 g/mol. The first-order valence-corrected chi connectivity index (χ1v) is 6.76. The molecule has 0 aliphatic carbocycles. The lowest BCUT2D eigenvalue weighted by Gasteiger charge is -2.21. The molecule has 1 aromatic carbocycles. The Morgan fingerprint density at radius 1 is 1.48 bits per heavy atom. The predicted octanol–water partition coefficient (Wildman–Crippen LogP) is 1.69. The molecule has 0 saturated carbocycles. The Balaban J connectivity index is 0.00000264. The summed E-state index contributed by atoms with van der Waals surface area (Å²) < 4.78 is 40.4. The predicted molar refractivity (Wildman–Crippen MR) is 79.3 cm³/mol. The van der Waals surface area contributed by atoms with Crippen molar-refractivity contribution in [3.63, 3.8) is 0 Å². The number of carbonyl (C=O) groups excluding carboxylic acids is 1. The topological polar surface area (TPSA) is 61.8 Å². The van der Waals surface area contributed by atoms with Crippen LogP contribution in [0.2, 0.25) is 0 Å². The van der Waals surface area contributed by atoms with Crippen molar-refractivity contribution in [3.05, 3.63) is 29.8 Å². The maximum Gasteiger partial charge on any atom is 0.573 e. The summed E-state index contributed by atoms with van der Waals surface area (Å²) in [5.41, 5.74) is 0.524. The molecule has 0 radical (unpaired) electrons. The number of benzene rings is 1. The molecule has 2 atom stereocenters. The number of halogens is 4. The van der Waals surface area contributed by atoms with E-state index in [0.717, 1.165) is 0 Å². The van der Waals surface area contributed by atoms with Crippen molar-refractivity contribution in [2.45, 2.75) is 31.5 Å². The lowest BCUT2D eigenvalue weighted by molar-refractivity contribution is -0.274. The second-order valence-electron chi connectivity index (χ2n) is 5.24. The highest BCUT2D eigenvalue weighted by Crippen LogP contribution is 2.23. The quantitative estimate of drug-likeness (QED) is 0.864. The molecule has 0 aromatic heterocycles. The first-order valence-electron chi connectivity index (χ1n) is 6.76. The molecule has 23 heavy (non-hydrogen) atoms. The summed E-state index contributed by atoms with van der Waals surface area (Å²) in [5, 5.41) is 12.3. The summed E-state index contributed by atoms with van der Waals surface area (Å²) in [6.07, 6.45) is -4.96. The molecular formula is C14H18ClF3N2O3. The van der Waals surface area contributed by atoms with Crippen LogP contribution in [0.25, 0.3) is 0 Å². The van der Waals surface area contributed by atoms with Crippen LogP contribution in [0.3, 0.4) is 0 Å². The van der Waals surface area contributed by atoms with E-state index in [9.17, 15) is 23.1 Å². The average Bonchev–Trinajstić information content (AvgIpc) is 2.83. The molecule has 9 heteroatoms. The Hall–Kier alpha value is -1.51. The van der Waals surface area contributed by atoms with Crippen LogP contribution in [0.1, 0.15) is 12.0 Å². The van der Waals surface area contributed by atoms with Crippen LogP contribution in [0.5, 0.6) is 5.75 Å². The highest BCUT2D eigenvalue weighted by Gasteiger charge is 2.32. The number of aliphatic hydroxyl groups excluding tert-OH is 1. The first kappa shape index (κ1) is 19.5. The Bertz CT molecular complexity index is 542. The zero-order valence-electron chi connectivity index (χ0n) is 12.3. The summed E-state index contributed by atoms with van der Waals surface area (Å²) >= 11 is 0. The van der Waals surface area contributed by atoms with Crippen molar-refractivity contribution >= 4 is 18.3 Å². The van der Waals surface area contributed by atoms with Gasteiger partial charge in [-0.3, -0.25) is 4.79 Å². The van der Waals surface area contributed by atoms with Gasteiger partial charge in [-0.2, -0.15) is 0 Å². The van der Waals surface area contributed by atoms with Gasteiger partial charge in [-0.25, -0.2) is 0 Å². The molecule has 1 aromatic rings. The van der Waals surface area contributed by atoms with Crippen LogP contribution < -0.4 is 10.1 Å². The SMILES string of the molecule is CN(Cc1cccc(OC(F)(F)F)c1)C(=O)C1CC(O)CN1.Cl. The van der Waals surface area contributed by atoms with E-state index in [4.69, 9.17) is 0 Å². The third kappa shape index (κ3) is 5.89. The molecule has 2 unspecified atom stereocenters. The zero-order valence-corrected chi connectivity index (χ0v) is 13.2. The molecule has 0 bridgehead atoms. The van der Waals surface area contributed by atoms with Gasteiger partial charge in [0, 0.05) is 20.1 Å². The molecule has 5 nitrogen and oxygen atoms in total. The maximum atomic E-state index is 12.2. The minimum Gasteiger partial charge on any atom is -0.406 e. The highest BCUT2D eigenvalue weighted by atomic mass is 35.5. The number of nitrogens with zero attached hydrogens (tertiary/aromatic N) is 1. The standard InChI is InChI=1S/C14H17F3N2O3.ClH/c1-19(13(21)12-6-10(20)7-18-12)8-9-3-2-4-11(5-9)22-14(15,16)17;/h2-5,10,12,18,20H,6-8H2,1H3;1H. The van der Waals surface area contributed by atoms with Gasteiger partial charge >= 0.3 is 6.36 Å².